The minimum Gasteiger partial charge on any atom is -0.497 e. The molecule has 0 radical (unpaired) electrons. The average molecular weight is 350 g/mol. The van der Waals surface area contributed by atoms with Crippen LogP contribution in [0.2, 0.25) is 0 Å². The van der Waals surface area contributed by atoms with Gasteiger partial charge in [-0.05, 0) is 49.4 Å². The van der Waals surface area contributed by atoms with Crippen molar-refractivity contribution in [1.82, 2.24) is 21.0 Å². The van der Waals surface area contributed by atoms with Crippen molar-refractivity contribution in [2.24, 2.45) is 0 Å². The molecule has 2 aromatic carbocycles. The van der Waals surface area contributed by atoms with Gasteiger partial charge in [0.15, 0.2) is 0 Å². The van der Waals surface area contributed by atoms with Crippen LogP contribution in [0.4, 0.5) is 0 Å². The summed E-state index contributed by atoms with van der Waals surface area (Å²) >= 11 is 0. The molecule has 7 nitrogen and oxygen atoms in total. The molecular formula is C19H18N4O3. The second-order valence-corrected chi connectivity index (χ2v) is 5.67. The van der Waals surface area contributed by atoms with Crippen molar-refractivity contribution >= 4 is 11.8 Å². The average Bonchev–Trinajstić information content (AvgIpc) is 3.17. The number of carbonyl (C=O) groups excluding carboxylic acids is 2. The molecule has 0 atom stereocenters. The van der Waals surface area contributed by atoms with Gasteiger partial charge in [0, 0.05) is 11.1 Å². The fourth-order valence-electron chi connectivity index (χ4n) is 2.31. The predicted molar refractivity (Wildman–Crippen MR) is 96.7 cm³/mol. The van der Waals surface area contributed by atoms with Gasteiger partial charge in [-0.3, -0.25) is 25.5 Å². The monoisotopic (exact) mass is 350 g/mol. The minimum atomic E-state index is -0.488. The van der Waals surface area contributed by atoms with Gasteiger partial charge in [0.2, 0.25) is 0 Å². The molecule has 1 heterocycles. The Balaban J connectivity index is 1.62. The predicted octanol–water partition coefficient (Wildman–Crippen LogP) is 2.47. The Bertz CT molecular complexity index is 915. The number of hydrogen-bond acceptors (Lipinski definition) is 4. The lowest BCUT2D eigenvalue weighted by atomic mass is 10.1. The molecular weight excluding hydrogens is 332 g/mol. The van der Waals surface area contributed by atoms with Crippen molar-refractivity contribution < 1.29 is 14.3 Å². The summed E-state index contributed by atoms with van der Waals surface area (Å²) in [4.78, 5) is 24.2. The van der Waals surface area contributed by atoms with E-state index < -0.39 is 11.8 Å². The maximum atomic E-state index is 12.2. The molecule has 1 aromatic heterocycles. The van der Waals surface area contributed by atoms with E-state index in [1.54, 1.807) is 25.3 Å². The molecule has 0 fully saturated rings. The van der Waals surface area contributed by atoms with Crippen molar-refractivity contribution in [1.29, 1.82) is 0 Å². The van der Waals surface area contributed by atoms with E-state index in [4.69, 9.17) is 4.74 Å². The maximum absolute atomic E-state index is 12.2. The number of H-pyrrole nitrogens is 1. The molecule has 7 heteroatoms. The van der Waals surface area contributed by atoms with Gasteiger partial charge in [-0.25, -0.2) is 0 Å². The zero-order valence-corrected chi connectivity index (χ0v) is 14.4. The van der Waals surface area contributed by atoms with E-state index in [0.717, 1.165) is 16.9 Å². The molecule has 3 rings (SSSR count). The summed E-state index contributed by atoms with van der Waals surface area (Å²) in [5, 5.41) is 6.78. The van der Waals surface area contributed by atoms with Crippen LogP contribution in [-0.2, 0) is 0 Å². The quantitative estimate of drug-likeness (QED) is 0.630. The van der Waals surface area contributed by atoms with Crippen LogP contribution in [0.3, 0.4) is 0 Å². The van der Waals surface area contributed by atoms with Crippen LogP contribution >= 0.6 is 0 Å². The zero-order chi connectivity index (χ0) is 18.5. The molecule has 0 aliphatic carbocycles. The lowest BCUT2D eigenvalue weighted by Crippen LogP contribution is -2.41. The molecule has 0 saturated carbocycles. The van der Waals surface area contributed by atoms with Crippen molar-refractivity contribution in [3.63, 3.8) is 0 Å². The summed E-state index contributed by atoms with van der Waals surface area (Å²) in [5.74, 6) is -0.146. The van der Waals surface area contributed by atoms with Crippen molar-refractivity contribution in [3.8, 4) is 17.0 Å². The highest BCUT2D eigenvalue weighted by Gasteiger charge is 2.12. The number of aromatic nitrogens is 2. The number of methoxy groups -OCH3 is 1. The van der Waals surface area contributed by atoms with Gasteiger partial charge in [-0.1, -0.05) is 17.7 Å². The van der Waals surface area contributed by atoms with E-state index in [1.807, 2.05) is 43.3 Å². The Hall–Kier alpha value is -3.61. The first kappa shape index (κ1) is 17.2. The number of benzene rings is 2. The third kappa shape index (κ3) is 3.89. The van der Waals surface area contributed by atoms with Gasteiger partial charge < -0.3 is 4.74 Å². The number of hydrogen-bond donors (Lipinski definition) is 3. The Labute approximate surface area is 150 Å². The molecule has 3 aromatic rings. The number of hydrazine groups is 1. The minimum absolute atomic E-state index is 0.236. The molecule has 0 spiro atoms. The largest absolute Gasteiger partial charge is 0.497 e. The van der Waals surface area contributed by atoms with Crippen LogP contribution in [-0.4, -0.2) is 29.1 Å². The molecule has 0 unspecified atom stereocenters. The van der Waals surface area contributed by atoms with Gasteiger partial charge >= 0.3 is 0 Å². The number of carbonyl (C=O) groups is 2. The number of ether oxygens (including phenoxy) is 1. The summed E-state index contributed by atoms with van der Waals surface area (Å²) < 4.78 is 5.11. The highest BCUT2D eigenvalue weighted by molar-refractivity contribution is 5.98. The van der Waals surface area contributed by atoms with E-state index in [-0.39, 0.29) is 5.69 Å². The Morgan fingerprint density at radius 2 is 1.62 bits per heavy atom. The molecule has 132 valence electrons. The van der Waals surface area contributed by atoms with Crippen LogP contribution in [0.1, 0.15) is 26.4 Å². The van der Waals surface area contributed by atoms with Crippen LogP contribution in [0.15, 0.2) is 54.6 Å². The summed E-state index contributed by atoms with van der Waals surface area (Å²) in [6.07, 6.45) is 0. The number of nitrogens with zero attached hydrogens (tertiary/aromatic N) is 1. The van der Waals surface area contributed by atoms with E-state index in [2.05, 4.69) is 21.0 Å². The van der Waals surface area contributed by atoms with Crippen LogP contribution in [0, 0.1) is 6.92 Å². The topological polar surface area (TPSA) is 96.1 Å². The molecule has 0 aliphatic rings. The van der Waals surface area contributed by atoms with E-state index in [9.17, 15) is 9.59 Å². The van der Waals surface area contributed by atoms with Crippen molar-refractivity contribution in [2.75, 3.05) is 7.11 Å². The smallest absolute Gasteiger partial charge is 0.287 e. The van der Waals surface area contributed by atoms with E-state index in [1.165, 1.54) is 0 Å². The first-order valence-corrected chi connectivity index (χ1v) is 7.94. The summed E-state index contributed by atoms with van der Waals surface area (Å²) in [5.41, 5.74) is 7.94. The van der Waals surface area contributed by atoms with Gasteiger partial charge in [-0.2, -0.15) is 5.10 Å². The van der Waals surface area contributed by atoms with Gasteiger partial charge in [0.25, 0.3) is 11.8 Å². The number of nitrogens with one attached hydrogen (secondary N) is 3. The molecule has 0 bridgehead atoms. The van der Waals surface area contributed by atoms with Crippen LogP contribution in [0.25, 0.3) is 11.3 Å². The molecule has 0 aliphatic heterocycles. The summed E-state index contributed by atoms with van der Waals surface area (Å²) in [6.45, 7) is 1.93. The Morgan fingerprint density at radius 1 is 0.962 bits per heavy atom. The second-order valence-electron chi connectivity index (χ2n) is 5.67. The zero-order valence-electron chi connectivity index (χ0n) is 14.4. The maximum Gasteiger partial charge on any atom is 0.287 e. The normalized spacial score (nSPS) is 10.2. The SMILES string of the molecule is COc1ccc(-c2cc(C(=O)NNC(=O)c3ccc(C)cc3)[nH]n2)cc1. The lowest BCUT2D eigenvalue weighted by molar-refractivity contribution is 0.0844. The van der Waals surface area contributed by atoms with Crippen molar-refractivity contribution in [2.45, 2.75) is 6.92 Å². The highest BCUT2D eigenvalue weighted by Crippen LogP contribution is 2.21. The van der Waals surface area contributed by atoms with Gasteiger partial charge in [0.05, 0.1) is 12.8 Å². The van der Waals surface area contributed by atoms with E-state index >= 15 is 0 Å². The first-order chi connectivity index (χ1) is 12.6. The standard InChI is InChI=1S/C19H18N4O3/c1-12-3-5-14(6-4-12)18(24)22-23-19(25)17-11-16(20-21-17)13-7-9-15(26-2)10-8-13/h3-11H,1-2H3,(H,20,21)(H,22,24)(H,23,25). The summed E-state index contributed by atoms with van der Waals surface area (Å²) in [6, 6.07) is 15.9. The third-order valence-electron chi connectivity index (χ3n) is 3.81. The molecule has 0 saturated heterocycles. The molecule has 3 N–H and O–H groups in total. The summed E-state index contributed by atoms with van der Waals surface area (Å²) in [7, 11) is 1.59. The fraction of sp³-hybridized carbons (Fsp3) is 0.105. The van der Waals surface area contributed by atoms with Crippen LogP contribution < -0.4 is 15.6 Å². The third-order valence-corrected chi connectivity index (χ3v) is 3.81. The van der Waals surface area contributed by atoms with E-state index in [0.29, 0.717) is 11.3 Å². The van der Waals surface area contributed by atoms with Crippen molar-refractivity contribution in [3.05, 3.63) is 71.4 Å². The molecule has 26 heavy (non-hydrogen) atoms. The number of amides is 2. The second kappa shape index (κ2) is 7.52. The Morgan fingerprint density at radius 3 is 2.27 bits per heavy atom. The Kier molecular flexibility index (Phi) is 4.98. The molecule has 2 amide bonds. The first-order valence-electron chi connectivity index (χ1n) is 7.94. The number of aromatic amines is 1. The highest BCUT2D eigenvalue weighted by atomic mass is 16.5. The van der Waals surface area contributed by atoms with Crippen LogP contribution in [0.5, 0.6) is 5.75 Å². The lowest BCUT2D eigenvalue weighted by Gasteiger charge is -2.06. The number of aryl methyl sites for hydroxylation is 1. The fourth-order valence-corrected chi connectivity index (χ4v) is 2.31. The number of rotatable bonds is 4. The van der Waals surface area contributed by atoms with Gasteiger partial charge in [-0.15, -0.1) is 0 Å². The van der Waals surface area contributed by atoms with Gasteiger partial charge in [0.1, 0.15) is 11.4 Å².